The van der Waals surface area contributed by atoms with Crippen molar-refractivity contribution in [2.24, 2.45) is 5.92 Å². The van der Waals surface area contributed by atoms with Gasteiger partial charge in [0, 0.05) is 32.9 Å². The van der Waals surface area contributed by atoms with Crippen LogP contribution in [0.1, 0.15) is 23.2 Å². The molecule has 2 rings (SSSR count). The van der Waals surface area contributed by atoms with Gasteiger partial charge in [0.1, 0.15) is 11.6 Å². The number of ether oxygens (including phenoxy) is 1. The van der Waals surface area contributed by atoms with Gasteiger partial charge in [-0.1, -0.05) is 0 Å². The van der Waals surface area contributed by atoms with Gasteiger partial charge in [0.05, 0.1) is 5.56 Å². The minimum absolute atomic E-state index is 0.0167. The number of hydrogen-bond acceptors (Lipinski definition) is 3. The molecular weight excluding hydrogens is 249 g/mol. The van der Waals surface area contributed by atoms with Gasteiger partial charge in [0.15, 0.2) is 0 Å². The van der Waals surface area contributed by atoms with Crippen LogP contribution in [0.25, 0.3) is 0 Å². The number of amides is 1. The summed E-state index contributed by atoms with van der Waals surface area (Å²) in [5, 5.41) is 9.14. The molecule has 5 heteroatoms. The second kappa shape index (κ2) is 6.02. The molecule has 19 heavy (non-hydrogen) atoms. The second-order valence-electron chi connectivity index (χ2n) is 4.86. The Hall–Kier alpha value is -1.62. The van der Waals surface area contributed by atoms with Crippen molar-refractivity contribution in [3.05, 3.63) is 29.6 Å². The maximum atomic E-state index is 13.6. The van der Waals surface area contributed by atoms with E-state index in [9.17, 15) is 9.18 Å². The van der Waals surface area contributed by atoms with Gasteiger partial charge < -0.3 is 14.7 Å². The van der Waals surface area contributed by atoms with Crippen molar-refractivity contribution in [1.82, 2.24) is 4.90 Å². The molecule has 0 radical (unpaired) electrons. The smallest absolute Gasteiger partial charge is 0.256 e. The summed E-state index contributed by atoms with van der Waals surface area (Å²) in [4.78, 5) is 13.8. The molecule has 1 aliphatic rings. The number of phenolic OH excluding ortho intramolecular Hbond substituents is 1. The molecule has 1 N–H and O–H groups in total. The van der Waals surface area contributed by atoms with Crippen LogP contribution in [0.4, 0.5) is 4.39 Å². The van der Waals surface area contributed by atoms with Crippen molar-refractivity contribution < 1.29 is 19.0 Å². The number of rotatable bonds is 3. The first-order valence-corrected chi connectivity index (χ1v) is 6.38. The molecule has 0 spiro atoms. The standard InChI is InChI=1S/C14H18FNO3/c1-19-9-10-4-6-16(7-5-10)14(18)12-3-2-11(17)8-13(12)15/h2-3,8,10,17H,4-7,9H2,1H3. The number of carbonyl (C=O) groups is 1. The first kappa shape index (κ1) is 13.8. The van der Waals surface area contributed by atoms with Crippen LogP contribution in [-0.4, -0.2) is 42.7 Å². The Bertz CT molecular complexity index is 456. The van der Waals surface area contributed by atoms with E-state index in [1.807, 2.05) is 0 Å². The molecule has 0 saturated carbocycles. The highest BCUT2D eigenvalue weighted by Gasteiger charge is 2.25. The largest absolute Gasteiger partial charge is 0.508 e. The molecule has 0 aromatic heterocycles. The summed E-state index contributed by atoms with van der Waals surface area (Å²) >= 11 is 0. The lowest BCUT2D eigenvalue weighted by Crippen LogP contribution is -2.39. The van der Waals surface area contributed by atoms with E-state index in [1.165, 1.54) is 12.1 Å². The number of hydrogen-bond donors (Lipinski definition) is 1. The number of nitrogens with zero attached hydrogens (tertiary/aromatic N) is 1. The minimum Gasteiger partial charge on any atom is -0.508 e. The number of piperidine rings is 1. The Morgan fingerprint density at radius 3 is 2.74 bits per heavy atom. The third-order valence-electron chi connectivity index (χ3n) is 3.49. The van der Waals surface area contributed by atoms with E-state index in [0.29, 0.717) is 25.6 Å². The summed E-state index contributed by atoms with van der Waals surface area (Å²) in [5.74, 6) is -0.691. The zero-order valence-corrected chi connectivity index (χ0v) is 10.9. The van der Waals surface area contributed by atoms with Crippen LogP contribution in [0.5, 0.6) is 5.75 Å². The fourth-order valence-corrected chi connectivity index (χ4v) is 2.39. The molecule has 0 unspecified atom stereocenters. The number of halogens is 1. The fraction of sp³-hybridized carbons (Fsp3) is 0.500. The van der Waals surface area contributed by atoms with Gasteiger partial charge in [-0.15, -0.1) is 0 Å². The molecule has 1 aliphatic heterocycles. The summed E-state index contributed by atoms with van der Waals surface area (Å²) in [6.07, 6.45) is 1.75. The summed E-state index contributed by atoms with van der Waals surface area (Å²) in [6.45, 7) is 1.94. The summed E-state index contributed by atoms with van der Waals surface area (Å²) in [7, 11) is 1.67. The van der Waals surface area contributed by atoms with Crippen molar-refractivity contribution in [2.45, 2.75) is 12.8 Å². The highest BCUT2D eigenvalue weighted by molar-refractivity contribution is 5.94. The number of aromatic hydroxyl groups is 1. The first-order chi connectivity index (χ1) is 9.11. The lowest BCUT2D eigenvalue weighted by Gasteiger charge is -2.31. The van der Waals surface area contributed by atoms with Crippen molar-refractivity contribution in [2.75, 3.05) is 26.8 Å². The quantitative estimate of drug-likeness (QED) is 0.911. The third kappa shape index (κ3) is 3.23. The highest BCUT2D eigenvalue weighted by Crippen LogP contribution is 2.21. The van der Waals surface area contributed by atoms with Crippen LogP contribution >= 0.6 is 0 Å². The monoisotopic (exact) mass is 267 g/mol. The molecule has 1 saturated heterocycles. The molecule has 1 fully saturated rings. The topological polar surface area (TPSA) is 49.8 Å². The Labute approximate surface area is 111 Å². The van der Waals surface area contributed by atoms with Gasteiger partial charge in [-0.2, -0.15) is 0 Å². The van der Waals surface area contributed by atoms with Crippen LogP contribution < -0.4 is 0 Å². The Morgan fingerprint density at radius 2 is 2.16 bits per heavy atom. The summed E-state index contributed by atoms with van der Waals surface area (Å²) in [5.41, 5.74) is 0.0167. The lowest BCUT2D eigenvalue weighted by molar-refractivity contribution is 0.0609. The number of carbonyl (C=O) groups excluding carboxylic acids is 1. The molecule has 4 nitrogen and oxygen atoms in total. The molecule has 1 heterocycles. The normalized spacial score (nSPS) is 16.6. The van der Waals surface area contributed by atoms with Crippen molar-refractivity contribution >= 4 is 5.91 Å². The third-order valence-corrected chi connectivity index (χ3v) is 3.49. The van der Waals surface area contributed by atoms with Crippen LogP contribution in [-0.2, 0) is 4.74 Å². The van der Waals surface area contributed by atoms with E-state index in [4.69, 9.17) is 9.84 Å². The van der Waals surface area contributed by atoms with Crippen molar-refractivity contribution in [3.63, 3.8) is 0 Å². The Balaban J connectivity index is 2.01. The van der Waals surface area contributed by atoms with E-state index in [-0.39, 0.29) is 17.2 Å². The second-order valence-corrected chi connectivity index (χ2v) is 4.86. The van der Waals surface area contributed by atoms with Crippen molar-refractivity contribution in [1.29, 1.82) is 0 Å². The molecule has 0 aliphatic carbocycles. The number of phenols is 1. The highest BCUT2D eigenvalue weighted by atomic mass is 19.1. The van der Waals surface area contributed by atoms with E-state index in [0.717, 1.165) is 18.9 Å². The maximum absolute atomic E-state index is 13.6. The van der Waals surface area contributed by atoms with Crippen LogP contribution in [0.3, 0.4) is 0 Å². The van der Waals surface area contributed by atoms with Crippen LogP contribution in [0.2, 0.25) is 0 Å². The maximum Gasteiger partial charge on any atom is 0.256 e. The molecular formula is C14H18FNO3. The van der Waals surface area contributed by atoms with Gasteiger partial charge in [0.25, 0.3) is 5.91 Å². The van der Waals surface area contributed by atoms with E-state index >= 15 is 0 Å². The molecule has 1 amide bonds. The van der Waals surface area contributed by atoms with Gasteiger partial charge in [-0.05, 0) is 30.9 Å². The van der Waals surface area contributed by atoms with Crippen molar-refractivity contribution in [3.8, 4) is 5.75 Å². The predicted octanol–water partition coefficient (Wildman–Crippen LogP) is 2.03. The van der Waals surface area contributed by atoms with E-state index in [2.05, 4.69) is 0 Å². The first-order valence-electron chi connectivity index (χ1n) is 6.38. The average molecular weight is 267 g/mol. The van der Waals surface area contributed by atoms with Crippen LogP contribution in [0.15, 0.2) is 18.2 Å². The van der Waals surface area contributed by atoms with E-state index in [1.54, 1.807) is 12.0 Å². The number of likely N-dealkylation sites (tertiary alicyclic amines) is 1. The molecule has 0 atom stereocenters. The van der Waals surface area contributed by atoms with Gasteiger partial charge in [0.2, 0.25) is 0 Å². The number of methoxy groups -OCH3 is 1. The van der Waals surface area contributed by atoms with Crippen LogP contribution in [0, 0.1) is 11.7 Å². The molecule has 104 valence electrons. The molecule has 1 aromatic rings. The molecule has 0 bridgehead atoms. The summed E-state index contributed by atoms with van der Waals surface area (Å²) < 4.78 is 18.7. The minimum atomic E-state index is -0.677. The van der Waals surface area contributed by atoms with E-state index < -0.39 is 5.82 Å². The zero-order valence-electron chi connectivity index (χ0n) is 10.9. The number of benzene rings is 1. The van der Waals surface area contributed by atoms with Gasteiger partial charge in [-0.3, -0.25) is 4.79 Å². The molecule has 1 aromatic carbocycles. The fourth-order valence-electron chi connectivity index (χ4n) is 2.39. The van der Waals surface area contributed by atoms with Gasteiger partial charge in [-0.25, -0.2) is 4.39 Å². The average Bonchev–Trinajstić information content (AvgIpc) is 2.39. The zero-order chi connectivity index (χ0) is 13.8. The van der Waals surface area contributed by atoms with Gasteiger partial charge >= 0.3 is 0 Å². The Kier molecular flexibility index (Phi) is 4.37. The predicted molar refractivity (Wildman–Crippen MR) is 68.6 cm³/mol. The summed E-state index contributed by atoms with van der Waals surface area (Å²) in [6, 6.07) is 3.62. The Morgan fingerprint density at radius 1 is 1.47 bits per heavy atom. The lowest BCUT2D eigenvalue weighted by atomic mass is 9.97. The SMILES string of the molecule is COCC1CCN(C(=O)c2ccc(O)cc2F)CC1.